The summed E-state index contributed by atoms with van der Waals surface area (Å²) in [6.45, 7) is 6.78. The number of rotatable bonds is 6. The van der Waals surface area contributed by atoms with E-state index < -0.39 is 5.97 Å². The molecule has 0 atom stereocenters. The molecule has 0 radical (unpaired) electrons. The number of methoxy groups -OCH3 is 1. The van der Waals surface area contributed by atoms with Gasteiger partial charge in [0.2, 0.25) is 0 Å². The molecule has 3 rings (SSSR count). The van der Waals surface area contributed by atoms with Gasteiger partial charge in [-0.15, -0.1) is 11.3 Å². The fourth-order valence-electron chi connectivity index (χ4n) is 3.40. The van der Waals surface area contributed by atoms with E-state index in [1.54, 1.807) is 11.8 Å². The molecule has 2 aromatic carbocycles. The van der Waals surface area contributed by atoms with Crippen LogP contribution in [0.15, 0.2) is 42.5 Å². The SMILES string of the molecule is CCN(CC)C(=O)c1sc(NC(=S)Nc2cccc3ccccc23)c(C(=O)OC)c1C. The van der Waals surface area contributed by atoms with Crippen LogP contribution in [0.4, 0.5) is 10.7 Å². The highest BCUT2D eigenvalue weighted by molar-refractivity contribution is 7.80. The number of thiocarbonyl (C=S) groups is 1. The fourth-order valence-corrected chi connectivity index (χ4v) is 4.84. The Kier molecular flexibility index (Phi) is 7.25. The van der Waals surface area contributed by atoms with E-state index >= 15 is 0 Å². The second-order valence-electron chi connectivity index (χ2n) is 6.84. The van der Waals surface area contributed by atoms with Crippen LogP contribution in [0.1, 0.15) is 39.4 Å². The fraction of sp³-hybridized carbons (Fsp3) is 0.261. The average Bonchev–Trinajstić information content (AvgIpc) is 3.09. The summed E-state index contributed by atoms with van der Waals surface area (Å²) in [5.41, 5.74) is 1.76. The lowest BCUT2D eigenvalue weighted by Crippen LogP contribution is -2.30. The monoisotopic (exact) mass is 455 g/mol. The number of carbonyl (C=O) groups is 2. The molecule has 2 N–H and O–H groups in total. The van der Waals surface area contributed by atoms with Crippen molar-refractivity contribution in [3.8, 4) is 0 Å². The van der Waals surface area contributed by atoms with Crippen molar-refractivity contribution in [2.75, 3.05) is 30.8 Å². The zero-order chi connectivity index (χ0) is 22.5. The van der Waals surface area contributed by atoms with E-state index in [9.17, 15) is 9.59 Å². The molecule has 1 aromatic heterocycles. The molecular formula is C23H25N3O3S2. The molecular weight excluding hydrogens is 430 g/mol. The molecule has 0 aliphatic carbocycles. The van der Waals surface area contributed by atoms with Gasteiger partial charge in [0.05, 0.1) is 17.6 Å². The number of thiophene rings is 1. The van der Waals surface area contributed by atoms with Crippen LogP contribution in [0, 0.1) is 6.92 Å². The zero-order valence-electron chi connectivity index (χ0n) is 17.9. The van der Waals surface area contributed by atoms with Crippen LogP contribution in [0.2, 0.25) is 0 Å². The van der Waals surface area contributed by atoms with Crippen LogP contribution in [0.25, 0.3) is 10.8 Å². The lowest BCUT2D eigenvalue weighted by Gasteiger charge is -2.18. The first-order valence-electron chi connectivity index (χ1n) is 9.97. The Morgan fingerprint density at radius 3 is 2.42 bits per heavy atom. The van der Waals surface area contributed by atoms with Gasteiger partial charge in [-0.1, -0.05) is 36.4 Å². The maximum Gasteiger partial charge on any atom is 0.341 e. The molecule has 3 aromatic rings. The Bertz CT molecular complexity index is 1130. The van der Waals surface area contributed by atoms with E-state index in [2.05, 4.69) is 10.6 Å². The third-order valence-electron chi connectivity index (χ3n) is 5.05. The predicted octanol–water partition coefficient (Wildman–Crippen LogP) is 5.29. The molecule has 162 valence electrons. The third kappa shape index (κ3) is 4.70. The zero-order valence-corrected chi connectivity index (χ0v) is 19.6. The number of hydrogen-bond acceptors (Lipinski definition) is 5. The number of fused-ring (bicyclic) bond motifs is 1. The number of esters is 1. The Morgan fingerprint density at radius 2 is 1.74 bits per heavy atom. The first-order valence-corrected chi connectivity index (χ1v) is 11.2. The molecule has 1 heterocycles. The van der Waals surface area contributed by atoms with Crippen molar-refractivity contribution in [2.45, 2.75) is 20.8 Å². The molecule has 0 fully saturated rings. The molecule has 0 aliphatic rings. The molecule has 0 aliphatic heterocycles. The summed E-state index contributed by atoms with van der Waals surface area (Å²) in [5.74, 6) is -0.624. The minimum absolute atomic E-state index is 0.112. The van der Waals surface area contributed by atoms with Crippen LogP contribution in [-0.2, 0) is 4.74 Å². The van der Waals surface area contributed by atoms with Crippen molar-refractivity contribution in [3.05, 3.63) is 58.5 Å². The first kappa shape index (κ1) is 22.7. The Morgan fingerprint density at radius 1 is 1.06 bits per heavy atom. The molecule has 0 bridgehead atoms. The smallest absolute Gasteiger partial charge is 0.341 e. The highest BCUT2D eigenvalue weighted by atomic mass is 32.1. The quantitative estimate of drug-likeness (QED) is 0.389. The van der Waals surface area contributed by atoms with Gasteiger partial charge in [0.25, 0.3) is 5.91 Å². The summed E-state index contributed by atoms with van der Waals surface area (Å²) in [6.07, 6.45) is 0. The number of benzene rings is 2. The maximum absolute atomic E-state index is 12.9. The van der Waals surface area contributed by atoms with Gasteiger partial charge >= 0.3 is 5.97 Å². The maximum atomic E-state index is 12.9. The van der Waals surface area contributed by atoms with Gasteiger partial charge in [0.15, 0.2) is 5.11 Å². The minimum Gasteiger partial charge on any atom is -0.465 e. The summed E-state index contributed by atoms with van der Waals surface area (Å²) in [5, 5.41) is 9.22. The molecule has 0 saturated carbocycles. The lowest BCUT2D eigenvalue weighted by molar-refractivity contribution is 0.0601. The van der Waals surface area contributed by atoms with Crippen LogP contribution in [0.3, 0.4) is 0 Å². The van der Waals surface area contributed by atoms with Gasteiger partial charge in [-0.25, -0.2) is 4.79 Å². The van der Waals surface area contributed by atoms with Gasteiger partial charge in [-0.05, 0) is 50.0 Å². The minimum atomic E-state index is -0.511. The van der Waals surface area contributed by atoms with E-state index in [-0.39, 0.29) is 5.91 Å². The van der Waals surface area contributed by atoms with Crippen LogP contribution >= 0.6 is 23.6 Å². The molecule has 8 heteroatoms. The molecule has 31 heavy (non-hydrogen) atoms. The number of anilines is 2. The summed E-state index contributed by atoms with van der Waals surface area (Å²) in [4.78, 5) is 27.6. The number of amides is 1. The summed E-state index contributed by atoms with van der Waals surface area (Å²) >= 11 is 6.72. The van der Waals surface area contributed by atoms with Gasteiger partial charge in [-0.3, -0.25) is 4.79 Å². The van der Waals surface area contributed by atoms with Crippen molar-refractivity contribution in [3.63, 3.8) is 0 Å². The normalized spacial score (nSPS) is 10.6. The first-order chi connectivity index (χ1) is 14.9. The Labute approximate surface area is 191 Å². The van der Waals surface area contributed by atoms with Gasteiger partial charge < -0.3 is 20.3 Å². The highest BCUT2D eigenvalue weighted by Gasteiger charge is 2.27. The van der Waals surface area contributed by atoms with Crippen molar-refractivity contribution in [1.82, 2.24) is 4.90 Å². The van der Waals surface area contributed by atoms with E-state index in [4.69, 9.17) is 17.0 Å². The Hall–Kier alpha value is -2.97. The number of nitrogens with one attached hydrogen (secondary N) is 2. The van der Waals surface area contributed by atoms with Crippen LogP contribution < -0.4 is 10.6 Å². The molecule has 6 nitrogen and oxygen atoms in total. The van der Waals surface area contributed by atoms with Crippen molar-refractivity contribution < 1.29 is 14.3 Å². The van der Waals surface area contributed by atoms with Gasteiger partial charge in [0, 0.05) is 24.2 Å². The van der Waals surface area contributed by atoms with Crippen LogP contribution in [0.5, 0.6) is 0 Å². The molecule has 0 unspecified atom stereocenters. The number of nitrogens with zero attached hydrogens (tertiary/aromatic N) is 1. The summed E-state index contributed by atoms with van der Waals surface area (Å²) in [6, 6.07) is 13.9. The molecule has 1 amide bonds. The van der Waals surface area contributed by atoms with E-state index in [1.165, 1.54) is 18.4 Å². The lowest BCUT2D eigenvalue weighted by atomic mass is 10.1. The highest BCUT2D eigenvalue weighted by Crippen LogP contribution is 2.35. The van der Waals surface area contributed by atoms with Crippen molar-refractivity contribution >= 4 is 62.0 Å². The standard InChI is InChI=1S/C23H25N3O3S2/c1-5-26(6-2)21(27)19-14(3)18(22(28)29-4)20(31-19)25-23(30)24-17-13-9-11-15-10-7-8-12-16(15)17/h7-13H,5-6H2,1-4H3,(H2,24,25,30). The largest absolute Gasteiger partial charge is 0.465 e. The van der Waals surface area contributed by atoms with Crippen LogP contribution in [-0.4, -0.2) is 42.1 Å². The average molecular weight is 456 g/mol. The van der Waals surface area contributed by atoms with Gasteiger partial charge in [0.1, 0.15) is 5.00 Å². The number of ether oxygens (including phenoxy) is 1. The Balaban J connectivity index is 1.92. The second kappa shape index (κ2) is 9.89. The third-order valence-corrected chi connectivity index (χ3v) is 6.45. The predicted molar refractivity (Wildman–Crippen MR) is 131 cm³/mol. The van der Waals surface area contributed by atoms with Crippen molar-refractivity contribution in [2.24, 2.45) is 0 Å². The van der Waals surface area contributed by atoms with E-state index in [0.717, 1.165) is 16.5 Å². The molecule has 0 spiro atoms. The topological polar surface area (TPSA) is 70.7 Å². The second-order valence-corrected chi connectivity index (χ2v) is 8.26. The van der Waals surface area contributed by atoms with E-state index in [1.807, 2.05) is 56.3 Å². The summed E-state index contributed by atoms with van der Waals surface area (Å²) < 4.78 is 4.96. The van der Waals surface area contributed by atoms with Gasteiger partial charge in [-0.2, -0.15) is 0 Å². The van der Waals surface area contributed by atoms with E-state index in [0.29, 0.717) is 39.2 Å². The number of hydrogen-bond donors (Lipinski definition) is 2. The molecule has 0 saturated heterocycles. The summed E-state index contributed by atoms with van der Waals surface area (Å²) in [7, 11) is 1.32. The number of carbonyl (C=O) groups excluding carboxylic acids is 2. The van der Waals surface area contributed by atoms with Crippen molar-refractivity contribution in [1.29, 1.82) is 0 Å².